The number of para-hydroxylation sites is 2. The Kier molecular flexibility index (Phi) is 13.8. The van der Waals surface area contributed by atoms with Gasteiger partial charge in [0.25, 0.3) is 0 Å². The summed E-state index contributed by atoms with van der Waals surface area (Å²) in [5.41, 5.74) is 22.6. The van der Waals surface area contributed by atoms with Gasteiger partial charge in [0, 0.05) is 54.9 Å². The topological polar surface area (TPSA) is 87.2 Å². The lowest BCUT2D eigenvalue weighted by Gasteiger charge is -2.17. The quantitative estimate of drug-likeness (QED) is 0.121. The summed E-state index contributed by atoms with van der Waals surface area (Å²) in [5, 5.41) is 4.62. The first-order valence-corrected chi connectivity index (χ1v) is 31.7. The highest BCUT2D eigenvalue weighted by Gasteiger charge is 2.24. The van der Waals surface area contributed by atoms with Crippen LogP contribution in [0.4, 0.5) is 0 Å². The second-order valence-electron chi connectivity index (χ2n) is 24.0. The number of fused-ring (bicyclic) bond motifs is 6. The monoisotopic (exact) mass is 1200 g/mol. The van der Waals surface area contributed by atoms with E-state index in [0.717, 1.165) is 122 Å². The van der Waals surface area contributed by atoms with Crippen LogP contribution in [-0.2, 0) is 0 Å². The van der Waals surface area contributed by atoms with Crippen molar-refractivity contribution in [1.29, 1.82) is 0 Å². The summed E-state index contributed by atoms with van der Waals surface area (Å²) in [6.45, 7) is 4.26. The number of hydrogen-bond acceptors (Lipinski definition) is 6. The van der Waals surface area contributed by atoms with Gasteiger partial charge in [-0.15, -0.1) is 0 Å². The number of rotatable bonds is 12. The molecule has 8 nitrogen and oxygen atoms in total. The fourth-order valence-electron chi connectivity index (χ4n) is 13.2. The van der Waals surface area contributed by atoms with Crippen molar-refractivity contribution in [2.75, 3.05) is 0 Å². The lowest BCUT2D eigenvalue weighted by atomic mass is 9.95. The van der Waals surface area contributed by atoms with Crippen LogP contribution >= 0.6 is 0 Å². The first kappa shape index (κ1) is 55.5. The summed E-state index contributed by atoms with van der Waals surface area (Å²) in [7, 11) is 0. The molecule has 0 amide bonds. The van der Waals surface area contributed by atoms with Crippen molar-refractivity contribution in [3.63, 3.8) is 0 Å². The van der Waals surface area contributed by atoms with Gasteiger partial charge in [-0.05, 0) is 125 Å². The fourth-order valence-corrected chi connectivity index (χ4v) is 13.2. The fraction of sp³-hybridized carbons (Fsp3) is 0.0233. The third-order valence-corrected chi connectivity index (χ3v) is 18.0. The van der Waals surface area contributed by atoms with E-state index in [1.54, 1.807) is 0 Å². The Bertz CT molecular complexity index is 5260. The maximum Gasteiger partial charge on any atom is 0.166 e. The minimum atomic E-state index is 0.557. The molecule has 0 bridgehead atoms. The SMILES string of the molecule is Cc1ccc(-c2ccc3c(c2)c2ccccc2n3-c2ccc(-c3cccc(-c4ccc(-n5c6ccccc6c6cc(-c7ccc(C)cc7)ccc65)c(-c5nc(-c6ccccc6)nc(-c6ccccc6)n5)c4)c3)cc2-c2nc(-c3ccccc3)nc(-c3ccccc3)n2)cc1. The van der Waals surface area contributed by atoms with Crippen LogP contribution in [0, 0.1) is 13.8 Å². The van der Waals surface area contributed by atoms with Gasteiger partial charge in [0.05, 0.1) is 33.4 Å². The molecule has 17 aromatic rings. The molecular formula is C86H58N8. The Morgan fingerprint density at radius 3 is 0.840 bits per heavy atom. The molecule has 4 heterocycles. The van der Waals surface area contributed by atoms with Gasteiger partial charge >= 0.3 is 0 Å². The highest BCUT2D eigenvalue weighted by Crippen LogP contribution is 2.43. The average molecular weight is 1200 g/mol. The second-order valence-corrected chi connectivity index (χ2v) is 24.0. The molecule has 0 saturated carbocycles. The van der Waals surface area contributed by atoms with E-state index in [4.69, 9.17) is 29.9 Å². The van der Waals surface area contributed by atoms with Crippen molar-refractivity contribution in [2.24, 2.45) is 0 Å². The molecule has 17 rings (SSSR count). The summed E-state index contributed by atoms with van der Waals surface area (Å²) >= 11 is 0. The Morgan fingerprint density at radius 1 is 0.191 bits per heavy atom. The van der Waals surface area contributed by atoms with Crippen LogP contribution < -0.4 is 0 Å². The number of benzene rings is 13. The van der Waals surface area contributed by atoms with Gasteiger partial charge in [0.1, 0.15) is 0 Å². The third kappa shape index (κ3) is 10.2. The van der Waals surface area contributed by atoms with E-state index in [0.29, 0.717) is 34.9 Å². The molecule has 94 heavy (non-hydrogen) atoms. The standard InChI is InChI=1S/C86H58N8/c1-55-34-38-57(39-35-55)65-42-46-77-71(51-65)69-30-15-17-32-75(69)93(77)79-48-44-67(53-73(79)85-89-81(59-20-7-3-8-21-59)87-82(90-85)60-22-9-4-10-23-60)63-28-19-29-64(50-63)68-45-49-80(74(54-68)86-91-83(61-24-11-5-12-25-61)88-84(92-86)62-26-13-6-14-27-62)94-76-33-18-16-31-70(76)72-52-66(43-47-78(72)94)58-40-36-56(2)37-41-58/h3-54H,1-2H3. The highest BCUT2D eigenvalue weighted by atomic mass is 15.1. The van der Waals surface area contributed by atoms with Crippen molar-refractivity contribution < 1.29 is 0 Å². The molecule has 0 unspecified atom stereocenters. The van der Waals surface area contributed by atoms with Crippen molar-refractivity contribution >= 4 is 43.6 Å². The van der Waals surface area contributed by atoms with Gasteiger partial charge in [0.15, 0.2) is 34.9 Å². The highest BCUT2D eigenvalue weighted by molar-refractivity contribution is 6.12. The number of aryl methyl sites for hydroxylation is 2. The molecule has 0 radical (unpaired) electrons. The van der Waals surface area contributed by atoms with Crippen molar-refractivity contribution in [3.05, 3.63) is 327 Å². The van der Waals surface area contributed by atoms with Crippen LogP contribution in [0.1, 0.15) is 11.1 Å². The van der Waals surface area contributed by atoms with Crippen molar-refractivity contribution in [3.8, 4) is 124 Å². The summed E-state index contributed by atoms with van der Waals surface area (Å²) in [4.78, 5) is 32.0. The Hall–Kier alpha value is -12.5. The van der Waals surface area contributed by atoms with Crippen LogP contribution in [0.3, 0.4) is 0 Å². The summed E-state index contributed by atoms with van der Waals surface area (Å²) in [6.07, 6.45) is 0. The zero-order chi connectivity index (χ0) is 62.6. The van der Waals surface area contributed by atoms with E-state index in [1.165, 1.54) is 22.3 Å². The number of aromatic nitrogens is 8. The Labute approximate surface area is 544 Å². The van der Waals surface area contributed by atoms with E-state index >= 15 is 0 Å². The van der Waals surface area contributed by atoms with Gasteiger partial charge < -0.3 is 9.13 Å². The predicted octanol–water partition coefficient (Wildman–Crippen LogP) is 21.5. The third-order valence-electron chi connectivity index (χ3n) is 18.0. The zero-order valence-electron chi connectivity index (χ0n) is 51.6. The molecule has 0 aliphatic rings. The molecule has 0 aliphatic carbocycles. The molecule has 0 fully saturated rings. The van der Waals surface area contributed by atoms with Crippen LogP contribution in [0.25, 0.3) is 168 Å². The summed E-state index contributed by atoms with van der Waals surface area (Å²) in [5.74, 6) is 3.47. The Balaban J connectivity index is 0.868. The van der Waals surface area contributed by atoms with Gasteiger partial charge in [-0.2, -0.15) is 0 Å². The van der Waals surface area contributed by atoms with Crippen LogP contribution in [-0.4, -0.2) is 39.0 Å². The molecule has 13 aromatic carbocycles. The van der Waals surface area contributed by atoms with Crippen LogP contribution in [0.2, 0.25) is 0 Å². The van der Waals surface area contributed by atoms with E-state index in [2.05, 4.69) is 266 Å². The molecular weight excluding hydrogens is 1150 g/mol. The van der Waals surface area contributed by atoms with Gasteiger partial charge in [-0.3, -0.25) is 0 Å². The Morgan fingerprint density at radius 2 is 0.468 bits per heavy atom. The molecule has 442 valence electrons. The van der Waals surface area contributed by atoms with E-state index in [1.807, 2.05) is 72.8 Å². The lowest BCUT2D eigenvalue weighted by molar-refractivity contribution is 1.06. The van der Waals surface area contributed by atoms with E-state index < -0.39 is 0 Å². The average Bonchev–Trinajstić information content (AvgIpc) is 1.56. The molecule has 0 N–H and O–H groups in total. The van der Waals surface area contributed by atoms with Crippen LogP contribution in [0.15, 0.2) is 315 Å². The molecule has 0 spiro atoms. The lowest BCUT2D eigenvalue weighted by Crippen LogP contribution is -2.04. The van der Waals surface area contributed by atoms with Crippen molar-refractivity contribution in [1.82, 2.24) is 39.0 Å². The molecule has 8 heteroatoms. The maximum atomic E-state index is 5.41. The summed E-state index contributed by atoms with van der Waals surface area (Å²) < 4.78 is 4.76. The van der Waals surface area contributed by atoms with E-state index in [9.17, 15) is 0 Å². The maximum absolute atomic E-state index is 5.41. The normalized spacial score (nSPS) is 11.5. The first-order chi connectivity index (χ1) is 46.4. The minimum absolute atomic E-state index is 0.557. The van der Waals surface area contributed by atoms with Gasteiger partial charge in [-0.1, -0.05) is 260 Å². The zero-order valence-corrected chi connectivity index (χ0v) is 51.6. The smallest absolute Gasteiger partial charge is 0.166 e. The summed E-state index contributed by atoms with van der Waals surface area (Å²) in [6, 6.07) is 112. The van der Waals surface area contributed by atoms with Crippen molar-refractivity contribution in [2.45, 2.75) is 13.8 Å². The second kappa shape index (κ2) is 23.4. The molecule has 4 aromatic heterocycles. The van der Waals surface area contributed by atoms with E-state index in [-0.39, 0.29) is 0 Å². The number of nitrogens with zero attached hydrogens (tertiary/aromatic N) is 8. The molecule has 0 saturated heterocycles. The van der Waals surface area contributed by atoms with Gasteiger partial charge in [0.2, 0.25) is 0 Å². The van der Waals surface area contributed by atoms with Crippen LogP contribution in [0.5, 0.6) is 0 Å². The van der Waals surface area contributed by atoms with Gasteiger partial charge in [-0.25, -0.2) is 29.9 Å². The first-order valence-electron chi connectivity index (χ1n) is 31.7. The largest absolute Gasteiger partial charge is 0.309 e. The minimum Gasteiger partial charge on any atom is -0.309 e. The predicted molar refractivity (Wildman–Crippen MR) is 386 cm³/mol. The molecule has 0 atom stereocenters. The molecule has 0 aliphatic heterocycles. The number of hydrogen-bond donors (Lipinski definition) is 0.